The largest absolute Gasteiger partial charge is 0.369 e. The van der Waals surface area contributed by atoms with Crippen LogP contribution < -0.4 is 5.32 Å². The molecule has 118 valence electrons. The Morgan fingerprint density at radius 2 is 2.29 bits per heavy atom. The van der Waals surface area contributed by atoms with Crippen LogP contribution in [0.4, 0.5) is 5.82 Å². The molecule has 4 nitrogen and oxygen atoms in total. The molecule has 1 unspecified atom stereocenters. The van der Waals surface area contributed by atoms with Crippen molar-refractivity contribution in [3.8, 4) is 0 Å². The average Bonchev–Trinajstić information content (AvgIpc) is 2.49. The van der Waals surface area contributed by atoms with Crippen molar-refractivity contribution in [1.29, 1.82) is 0 Å². The molecule has 0 aliphatic carbocycles. The summed E-state index contributed by atoms with van der Waals surface area (Å²) in [4.78, 5) is 18.8. The highest BCUT2D eigenvalue weighted by molar-refractivity contribution is 9.10. The third-order valence-corrected chi connectivity index (χ3v) is 4.43. The number of thioether (sulfide) groups is 1. The van der Waals surface area contributed by atoms with Crippen LogP contribution in [0.15, 0.2) is 16.7 Å². The van der Waals surface area contributed by atoms with Crippen molar-refractivity contribution in [3.05, 3.63) is 22.3 Å². The molecule has 0 fully saturated rings. The Labute approximate surface area is 140 Å². The van der Waals surface area contributed by atoms with E-state index in [0.29, 0.717) is 11.4 Å². The molecule has 1 N–H and O–H groups in total. The Morgan fingerprint density at radius 3 is 2.90 bits per heavy atom. The minimum atomic E-state index is 0.0102. The zero-order valence-electron chi connectivity index (χ0n) is 13.1. The average molecular weight is 374 g/mol. The number of carbonyl (C=O) groups is 1. The van der Waals surface area contributed by atoms with Crippen LogP contribution in [-0.2, 0) is 0 Å². The van der Waals surface area contributed by atoms with Gasteiger partial charge in [-0.05, 0) is 53.8 Å². The Balaban J connectivity index is 2.91. The van der Waals surface area contributed by atoms with E-state index in [1.807, 2.05) is 13.1 Å². The standard InChI is InChI=1S/C15H24BrN3OS/c1-5-7-17-14-13(9-12(16)10-18-14)15(20)19(3)11(2)6-8-21-4/h9-11H,5-8H2,1-4H3,(H,17,18). The Hall–Kier alpha value is -0.750. The summed E-state index contributed by atoms with van der Waals surface area (Å²) in [5.41, 5.74) is 0.622. The van der Waals surface area contributed by atoms with E-state index in [0.717, 1.165) is 29.6 Å². The zero-order chi connectivity index (χ0) is 15.8. The molecule has 1 aromatic heterocycles. The van der Waals surface area contributed by atoms with E-state index in [9.17, 15) is 4.79 Å². The van der Waals surface area contributed by atoms with E-state index >= 15 is 0 Å². The van der Waals surface area contributed by atoms with Crippen molar-refractivity contribution in [2.45, 2.75) is 32.7 Å². The quantitative estimate of drug-likeness (QED) is 0.750. The summed E-state index contributed by atoms with van der Waals surface area (Å²) in [5, 5.41) is 3.22. The first-order valence-corrected chi connectivity index (χ1v) is 9.35. The fraction of sp³-hybridized carbons (Fsp3) is 0.600. The molecule has 1 rings (SSSR count). The maximum atomic E-state index is 12.7. The van der Waals surface area contributed by atoms with E-state index in [2.05, 4.69) is 46.3 Å². The lowest BCUT2D eigenvalue weighted by Gasteiger charge is -2.25. The van der Waals surface area contributed by atoms with Crippen molar-refractivity contribution < 1.29 is 4.79 Å². The van der Waals surface area contributed by atoms with Crippen molar-refractivity contribution >= 4 is 39.4 Å². The number of pyridine rings is 1. The van der Waals surface area contributed by atoms with Gasteiger partial charge in [-0.2, -0.15) is 11.8 Å². The van der Waals surface area contributed by atoms with E-state index in [4.69, 9.17) is 0 Å². The van der Waals surface area contributed by atoms with Gasteiger partial charge in [-0.1, -0.05) is 6.92 Å². The number of amides is 1. The maximum absolute atomic E-state index is 12.7. The van der Waals surface area contributed by atoms with E-state index in [-0.39, 0.29) is 11.9 Å². The van der Waals surface area contributed by atoms with Gasteiger partial charge >= 0.3 is 0 Å². The second kappa shape index (κ2) is 9.30. The molecule has 6 heteroatoms. The SMILES string of the molecule is CCCNc1ncc(Br)cc1C(=O)N(C)C(C)CCSC. The Kier molecular flexibility index (Phi) is 8.11. The van der Waals surface area contributed by atoms with Gasteiger partial charge in [0.05, 0.1) is 5.56 Å². The van der Waals surface area contributed by atoms with Gasteiger partial charge in [0.15, 0.2) is 0 Å². The first-order valence-electron chi connectivity index (χ1n) is 7.16. The van der Waals surface area contributed by atoms with Crippen LogP contribution in [0.5, 0.6) is 0 Å². The number of halogens is 1. The number of nitrogens with zero attached hydrogens (tertiary/aromatic N) is 2. The molecule has 0 bridgehead atoms. The van der Waals surface area contributed by atoms with Crippen molar-refractivity contribution in [2.75, 3.05) is 30.9 Å². The molecule has 0 radical (unpaired) electrons. The lowest BCUT2D eigenvalue weighted by atomic mass is 10.1. The normalized spacial score (nSPS) is 12.0. The number of hydrogen-bond donors (Lipinski definition) is 1. The molecule has 0 aromatic carbocycles. The van der Waals surface area contributed by atoms with Crippen LogP contribution in [0.3, 0.4) is 0 Å². The summed E-state index contributed by atoms with van der Waals surface area (Å²) in [6, 6.07) is 2.05. The molecule has 21 heavy (non-hydrogen) atoms. The van der Waals surface area contributed by atoms with E-state index < -0.39 is 0 Å². The second-order valence-electron chi connectivity index (χ2n) is 5.02. The molecule has 0 aliphatic rings. The van der Waals surface area contributed by atoms with E-state index in [1.165, 1.54) is 0 Å². The molecule has 0 spiro atoms. The lowest BCUT2D eigenvalue weighted by molar-refractivity contribution is 0.0742. The van der Waals surface area contributed by atoms with Crippen LogP contribution in [-0.4, -0.2) is 47.4 Å². The van der Waals surface area contributed by atoms with Crippen LogP contribution in [0.2, 0.25) is 0 Å². The fourth-order valence-electron chi connectivity index (χ4n) is 1.86. The number of nitrogens with one attached hydrogen (secondary N) is 1. The molecular weight excluding hydrogens is 350 g/mol. The van der Waals surface area contributed by atoms with Crippen LogP contribution in [0, 0.1) is 0 Å². The summed E-state index contributed by atoms with van der Waals surface area (Å²) in [6.45, 7) is 4.98. The van der Waals surface area contributed by atoms with E-state index in [1.54, 1.807) is 22.9 Å². The lowest BCUT2D eigenvalue weighted by Crippen LogP contribution is -2.36. The van der Waals surface area contributed by atoms with Gasteiger partial charge < -0.3 is 10.2 Å². The van der Waals surface area contributed by atoms with Gasteiger partial charge in [-0.15, -0.1) is 0 Å². The van der Waals surface area contributed by atoms with Crippen LogP contribution in [0.25, 0.3) is 0 Å². The van der Waals surface area contributed by atoms with Gasteiger partial charge in [-0.3, -0.25) is 4.79 Å². The highest BCUT2D eigenvalue weighted by Crippen LogP contribution is 2.21. The summed E-state index contributed by atoms with van der Waals surface area (Å²) < 4.78 is 0.818. The summed E-state index contributed by atoms with van der Waals surface area (Å²) in [7, 11) is 1.86. The smallest absolute Gasteiger partial charge is 0.257 e. The number of rotatable bonds is 8. The molecule has 0 saturated carbocycles. The number of aromatic nitrogens is 1. The van der Waals surface area contributed by atoms with Gasteiger partial charge in [0.2, 0.25) is 0 Å². The summed E-state index contributed by atoms with van der Waals surface area (Å²) in [6.07, 6.45) is 5.78. The Morgan fingerprint density at radius 1 is 1.57 bits per heavy atom. The predicted octanol–water partition coefficient (Wildman–Crippen LogP) is 3.88. The molecule has 1 aromatic rings. The second-order valence-corrected chi connectivity index (χ2v) is 6.92. The van der Waals surface area contributed by atoms with Gasteiger partial charge in [0, 0.05) is 30.3 Å². The number of carbonyl (C=O) groups excluding carboxylic acids is 1. The Bertz CT molecular complexity index is 470. The summed E-state index contributed by atoms with van der Waals surface area (Å²) in [5.74, 6) is 1.72. The molecule has 1 atom stereocenters. The molecule has 0 saturated heterocycles. The zero-order valence-corrected chi connectivity index (χ0v) is 15.6. The summed E-state index contributed by atoms with van der Waals surface area (Å²) >= 11 is 5.20. The van der Waals surface area contributed by atoms with Crippen molar-refractivity contribution in [2.24, 2.45) is 0 Å². The van der Waals surface area contributed by atoms with Crippen molar-refractivity contribution in [3.63, 3.8) is 0 Å². The molecule has 0 aliphatic heterocycles. The highest BCUT2D eigenvalue weighted by Gasteiger charge is 2.21. The van der Waals surface area contributed by atoms with Gasteiger partial charge in [0.1, 0.15) is 5.82 Å². The molecule has 1 amide bonds. The third-order valence-electron chi connectivity index (χ3n) is 3.35. The van der Waals surface area contributed by atoms with Crippen LogP contribution >= 0.6 is 27.7 Å². The first-order chi connectivity index (χ1) is 10.0. The van der Waals surface area contributed by atoms with Gasteiger partial charge in [-0.25, -0.2) is 4.98 Å². The molecule has 1 heterocycles. The van der Waals surface area contributed by atoms with Crippen LogP contribution in [0.1, 0.15) is 37.0 Å². The third kappa shape index (κ3) is 5.51. The van der Waals surface area contributed by atoms with Crippen molar-refractivity contribution in [1.82, 2.24) is 9.88 Å². The highest BCUT2D eigenvalue weighted by atomic mass is 79.9. The minimum absolute atomic E-state index is 0.0102. The number of hydrogen-bond acceptors (Lipinski definition) is 4. The topological polar surface area (TPSA) is 45.2 Å². The maximum Gasteiger partial charge on any atom is 0.257 e. The predicted molar refractivity (Wildman–Crippen MR) is 95.3 cm³/mol. The number of anilines is 1. The first kappa shape index (κ1) is 18.3. The monoisotopic (exact) mass is 373 g/mol. The fourth-order valence-corrected chi connectivity index (χ4v) is 2.77. The molecular formula is C15H24BrN3OS. The minimum Gasteiger partial charge on any atom is -0.369 e. The van der Waals surface area contributed by atoms with Gasteiger partial charge in [0.25, 0.3) is 5.91 Å².